The van der Waals surface area contributed by atoms with Gasteiger partial charge in [0.15, 0.2) is 16.3 Å². The molecule has 0 saturated heterocycles. The Kier molecular flexibility index (Phi) is 8.26. The van der Waals surface area contributed by atoms with Crippen LogP contribution < -0.4 is 24.4 Å². The Hall–Kier alpha value is -4.26. The number of aryl methyl sites for hydroxylation is 1. The predicted octanol–water partition coefficient (Wildman–Crippen LogP) is 7.07. The monoisotopic (exact) mass is 761 g/mol. The van der Waals surface area contributed by atoms with Crippen LogP contribution in [-0.4, -0.2) is 16.6 Å². The van der Waals surface area contributed by atoms with E-state index in [1.165, 1.54) is 29.0 Å². The molecule has 0 saturated carbocycles. The summed E-state index contributed by atoms with van der Waals surface area (Å²) in [6, 6.07) is 25.7. The molecule has 0 unspecified atom stereocenters. The van der Waals surface area contributed by atoms with E-state index in [4.69, 9.17) is 26.1 Å². The van der Waals surface area contributed by atoms with Crippen LogP contribution in [0.15, 0.2) is 100 Å². The minimum absolute atomic E-state index is 0.0220. The molecule has 2 aliphatic rings. The summed E-state index contributed by atoms with van der Waals surface area (Å²) < 4.78 is 14.9. The van der Waals surface area contributed by atoms with Gasteiger partial charge in [0, 0.05) is 22.7 Å². The summed E-state index contributed by atoms with van der Waals surface area (Å²) in [6.45, 7) is 0.206. The zero-order valence-electron chi connectivity index (χ0n) is 24.4. The first kappa shape index (κ1) is 30.4. The van der Waals surface area contributed by atoms with E-state index < -0.39 is 4.92 Å². The molecule has 1 aromatic heterocycles. The lowest BCUT2D eigenvalue weighted by molar-refractivity contribution is -0.384. The lowest BCUT2D eigenvalue weighted by Crippen LogP contribution is -2.38. The van der Waals surface area contributed by atoms with Crippen LogP contribution in [0.25, 0.3) is 11.8 Å². The fourth-order valence-corrected chi connectivity index (χ4v) is 8.00. The molecule has 0 amide bonds. The third-order valence-electron chi connectivity index (χ3n) is 8.15. The maximum absolute atomic E-state index is 14.2. The van der Waals surface area contributed by atoms with Crippen molar-refractivity contribution in [2.24, 2.45) is 4.99 Å². The van der Waals surface area contributed by atoms with E-state index in [1.54, 1.807) is 23.8 Å². The first-order valence-electron chi connectivity index (χ1n) is 14.4. The lowest BCUT2D eigenvalue weighted by atomic mass is 9.83. The van der Waals surface area contributed by atoms with E-state index in [2.05, 4.69) is 40.8 Å². The largest absolute Gasteiger partial charge is 0.493 e. The number of ether oxygens (including phenoxy) is 2. The van der Waals surface area contributed by atoms with Crippen molar-refractivity contribution in [3.8, 4) is 11.5 Å². The maximum atomic E-state index is 14.2. The number of halogens is 2. The van der Waals surface area contributed by atoms with Crippen molar-refractivity contribution >= 4 is 63.0 Å². The summed E-state index contributed by atoms with van der Waals surface area (Å²) in [6.07, 6.45) is 3.51. The van der Waals surface area contributed by atoms with Crippen LogP contribution in [0.1, 0.15) is 40.3 Å². The van der Waals surface area contributed by atoms with Gasteiger partial charge >= 0.3 is 0 Å². The third-order valence-corrected chi connectivity index (χ3v) is 10.3. The fraction of sp³-hybridized carbons (Fsp3) is 0.143. The van der Waals surface area contributed by atoms with Crippen LogP contribution in [0.3, 0.4) is 0 Å². The molecule has 8 nitrogen and oxygen atoms in total. The third kappa shape index (κ3) is 5.54. The highest BCUT2D eigenvalue weighted by molar-refractivity contribution is 14.1. The molecular weight excluding hydrogens is 737 g/mol. The van der Waals surface area contributed by atoms with Gasteiger partial charge in [-0.25, -0.2) is 4.99 Å². The van der Waals surface area contributed by atoms with Crippen molar-refractivity contribution in [3.63, 3.8) is 0 Å². The SMILES string of the molecule is COc1cc(/C=c2\sc3n(c2=O)[C@H](c2ccccc2Cl)C2=C(N=3)c3ccccc3CC2)cc(I)c1OCc1ccc([N+](=O)[O-])cc1. The van der Waals surface area contributed by atoms with E-state index in [0.717, 1.165) is 49.9 Å². The Labute approximate surface area is 286 Å². The van der Waals surface area contributed by atoms with E-state index in [-0.39, 0.29) is 23.9 Å². The molecule has 46 heavy (non-hydrogen) atoms. The molecule has 0 fully saturated rings. The van der Waals surface area contributed by atoms with Gasteiger partial charge in [0.05, 0.1) is 31.9 Å². The number of nitro groups is 1. The molecule has 0 bridgehead atoms. The van der Waals surface area contributed by atoms with E-state index in [1.807, 2.05) is 48.5 Å². The molecule has 5 aromatic rings. The van der Waals surface area contributed by atoms with Gasteiger partial charge in [-0.2, -0.15) is 0 Å². The second kappa shape index (κ2) is 12.5. The number of thiazole rings is 1. The van der Waals surface area contributed by atoms with E-state index in [9.17, 15) is 14.9 Å². The Bertz CT molecular complexity index is 2240. The van der Waals surface area contributed by atoms with Crippen molar-refractivity contribution in [3.05, 3.63) is 157 Å². The lowest BCUT2D eigenvalue weighted by Gasteiger charge is -2.31. The summed E-state index contributed by atoms with van der Waals surface area (Å²) in [5, 5.41) is 11.6. The van der Waals surface area contributed by atoms with Crippen LogP contribution in [0.2, 0.25) is 5.02 Å². The number of benzene rings is 4. The van der Waals surface area contributed by atoms with E-state index >= 15 is 0 Å². The van der Waals surface area contributed by atoms with Gasteiger partial charge in [0.25, 0.3) is 11.2 Å². The molecule has 0 spiro atoms. The number of fused-ring (bicyclic) bond motifs is 3. The molecule has 1 aliphatic carbocycles. The molecule has 1 aliphatic heterocycles. The van der Waals surface area contributed by atoms with Gasteiger partial charge in [-0.3, -0.25) is 19.5 Å². The van der Waals surface area contributed by atoms with E-state index in [0.29, 0.717) is 25.9 Å². The second-order valence-electron chi connectivity index (χ2n) is 10.9. The first-order chi connectivity index (χ1) is 22.3. The minimum Gasteiger partial charge on any atom is -0.493 e. The number of hydrogen-bond donors (Lipinski definition) is 0. The molecule has 0 N–H and O–H groups in total. The smallest absolute Gasteiger partial charge is 0.271 e. The Morgan fingerprint density at radius 1 is 1.09 bits per heavy atom. The normalized spacial score (nSPS) is 15.5. The molecule has 7 rings (SSSR count). The number of allylic oxidation sites excluding steroid dienone is 1. The minimum atomic E-state index is -0.434. The molecule has 1 atom stereocenters. The van der Waals surface area contributed by atoms with Crippen LogP contribution in [0, 0.1) is 13.7 Å². The number of nitrogens with zero attached hydrogens (tertiary/aromatic N) is 3. The molecule has 4 aromatic carbocycles. The molecule has 0 radical (unpaired) electrons. The number of hydrogen-bond acceptors (Lipinski definition) is 7. The second-order valence-corrected chi connectivity index (χ2v) is 13.5. The highest BCUT2D eigenvalue weighted by Crippen LogP contribution is 2.42. The Morgan fingerprint density at radius 2 is 1.85 bits per heavy atom. The molecular formula is C35H25ClIN3O5S. The van der Waals surface area contributed by atoms with Gasteiger partial charge in [-0.05, 0) is 99.7 Å². The number of nitro benzene ring substituents is 1. The van der Waals surface area contributed by atoms with Gasteiger partial charge in [0.1, 0.15) is 6.61 Å². The summed E-state index contributed by atoms with van der Waals surface area (Å²) >= 11 is 10.3. The zero-order valence-corrected chi connectivity index (χ0v) is 28.1. The zero-order chi connectivity index (χ0) is 31.9. The molecule has 2 heterocycles. The summed E-state index contributed by atoms with van der Waals surface area (Å²) in [5.41, 5.74) is 6.69. The average molecular weight is 762 g/mol. The number of methoxy groups -OCH3 is 1. The average Bonchev–Trinajstić information content (AvgIpc) is 3.37. The molecule has 11 heteroatoms. The Balaban J connectivity index is 1.29. The van der Waals surface area contributed by atoms with Crippen molar-refractivity contribution in [1.29, 1.82) is 0 Å². The fourth-order valence-electron chi connectivity index (χ4n) is 5.98. The number of non-ortho nitro benzene ring substituents is 1. The van der Waals surface area contributed by atoms with Gasteiger partial charge in [-0.15, -0.1) is 0 Å². The topological polar surface area (TPSA) is 96.0 Å². The maximum Gasteiger partial charge on any atom is 0.271 e. The van der Waals surface area contributed by atoms with Gasteiger partial charge in [-0.1, -0.05) is 65.4 Å². The van der Waals surface area contributed by atoms with Crippen molar-refractivity contribution in [1.82, 2.24) is 4.57 Å². The van der Waals surface area contributed by atoms with Crippen LogP contribution in [0.4, 0.5) is 5.69 Å². The summed E-state index contributed by atoms with van der Waals surface area (Å²) in [4.78, 5) is 30.4. The van der Waals surface area contributed by atoms with Crippen LogP contribution in [-0.2, 0) is 13.0 Å². The first-order valence-corrected chi connectivity index (χ1v) is 16.7. The van der Waals surface area contributed by atoms with Crippen LogP contribution >= 0.6 is 45.5 Å². The van der Waals surface area contributed by atoms with Crippen molar-refractivity contribution in [2.75, 3.05) is 7.11 Å². The number of aromatic nitrogens is 1. The summed E-state index contributed by atoms with van der Waals surface area (Å²) in [7, 11) is 1.56. The Morgan fingerprint density at radius 3 is 2.61 bits per heavy atom. The van der Waals surface area contributed by atoms with Crippen LogP contribution in [0.5, 0.6) is 11.5 Å². The highest BCUT2D eigenvalue weighted by Gasteiger charge is 2.33. The van der Waals surface area contributed by atoms with Gasteiger partial charge < -0.3 is 9.47 Å². The number of rotatable bonds is 7. The van der Waals surface area contributed by atoms with Crippen molar-refractivity contribution in [2.45, 2.75) is 25.5 Å². The summed E-state index contributed by atoms with van der Waals surface area (Å²) in [5.74, 6) is 1.05. The van der Waals surface area contributed by atoms with Gasteiger partial charge in [0.2, 0.25) is 0 Å². The quantitative estimate of drug-likeness (QED) is 0.101. The van der Waals surface area contributed by atoms with Crippen molar-refractivity contribution < 1.29 is 14.4 Å². The molecule has 230 valence electrons. The standard InChI is InChI=1S/C35H25ClIN3O5S/c1-44-29-17-21(16-28(37)33(29)45-19-20-10-13-23(14-11-20)40(42)43)18-30-34(41)39-32(25-8-4-5-9-27(25)36)26-15-12-22-6-2-3-7-24(22)31(26)38-35(39)46-30/h2-11,13-14,16-18,32H,12,15,19H2,1H3/b30-18-/t32-/m1/s1. The predicted molar refractivity (Wildman–Crippen MR) is 187 cm³/mol. The highest BCUT2D eigenvalue weighted by atomic mass is 127.